The summed E-state index contributed by atoms with van der Waals surface area (Å²) in [5, 5.41) is 6.03. The molecule has 6 heteroatoms. The Hall–Kier alpha value is -2.63. The van der Waals surface area contributed by atoms with Gasteiger partial charge in [0.25, 0.3) is 5.91 Å². The highest BCUT2D eigenvalue weighted by Crippen LogP contribution is 2.23. The lowest BCUT2D eigenvalue weighted by Gasteiger charge is -2.10. The summed E-state index contributed by atoms with van der Waals surface area (Å²) >= 11 is 0. The van der Waals surface area contributed by atoms with Crippen LogP contribution >= 0.6 is 0 Å². The van der Waals surface area contributed by atoms with Crippen molar-refractivity contribution in [2.24, 2.45) is 0 Å². The number of carbonyl (C=O) groups excluding carboxylic acids is 1. The highest BCUT2D eigenvalue weighted by atomic mass is 16.5. The van der Waals surface area contributed by atoms with E-state index < -0.39 is 0 Å². The van der Waals surface area contributed by atoms with Gasteiger partial charge in [-0.15, -0.1) is 0 Å². The fourth-order valence-electron chi connectivity index (χ4n) is 2.04. The molecule has 1 amide bonds. The van der Waals surface area contributed by atoms with Crippen molar-refractivity contribution in [1.82, 2.24) is 9.97 Å². The van der Waals surface area contributed by atoms with Gasteiger partial charge in [-0.25, -0.2) is 9.97 Å². The minimum Gasteiger partial charge on any atom is -0.491 e. The molecule has 1 aliphatic rings. The SMILES string of the molecule is CC(C)Oc1ccc(NC(=O)c2cnc(NC3CC3)cn2)cc1. The van der Waals surface area contributed by atoms with Gasteiger partial charge in [0.05, 0.1) is 18.5 Å². The third kappa shape index (κ3) is 4.42. The summed E-state index contributed by atoms with van der Waals surface area (Å²) in [7, 11) is 0. The molecular weight excluding hydrogens is 292 g/mol. The Labute approximate surface area is 135 Å². The predicted octanol–water partition coefficient (Wildman–Crippen LogP) is 3.09. The molecule has 1 aromatic carbocycles. The maximum Gasteiger partial charge on any atom is 0.275 e. The molecule has 0 spiro atoms. The van der Waals surface area contributed by atoms with Gasteiger partial charge in [-0.1, -0.05) is 0 Å². The molecule has 2 aromatic rings. The molecule has 23 heavy (non-hydrogen) atoms. The van der Waals surface area contributed by atoms with Crippen LogP contribution < -0.4 is 15.4 Å². The molecule has 2 N–H and O–H groups in total. The van der Waals surface area contributed by atoms with Gasteiger partial charge in [0.1, 0.15) is 17.3 Å². The summed E-state index contributed by atoms with van der Waals surface area (Å²) in [6.07, 6.45) is 5.53. The second-order valence-corrected chi connectivity index (χ2v) is 5.85. The fraction of sp³-hybridized carbons (Fsp3) is 0.353. The summed E-state index contributed by atoms with van der Waals surface area (Å²) < 4.78 is 5.57. The Morgan fingerprint density at radius 2 is 1.91 bits per heavy atom. The van der Waals surface area contributed by atoms with Crippen LogP contribution in [0.25, 0.3) is 0 Å². The van der Waals surface area contributed by atoms with Crippen molar-refractivity contribution in [2.45, 2.75) is 38.8 Å². The minimum atomic E-state index is -0.284. The number of anilines is 2. The smallest absolute Gasteiger partial charge is 0.275 e. The molecule has 0 bridgehead atoms. The van der Waals surface area contributed by atoms with Gasteiger partial charge >= 0.3 is 0 Å². The predicted molar refractivity (Wildman–Crippen MR) is 88.8 cm³/mol. The lowest BCUT2D eigenvalue weighted by Crippen LogP contribution is -2.14. The zero-order chi connectivity index (χ0) is 16.2. The van der Waals surface area contributed by atoms with Gasteiger partial charge in [-0.3, -0.25) is 4.79 Å². The van der Waals surface area contributed by atoms with Crippen molar-refractivity contribution < 1.29 is 9.53 Å². The van der Waals surface area contributed by atoms with Crippen molar-refractivity contribution in [2.75, 3.05) is 10.6 Å². The number of hydrogen-bond acceptors (Lipinski definition) is 5. The third-order valence-corrected chi connectivity index (χ3v) is 3.30. The minimum absolute atomic E-state index is 0.119. The first-order chi connectivity index (χ1) is 11.1. The van der Waals surface area contributed by atoms with Crippen molar-refractivity contribution in [3.63, 3.8) is 0 Å². The number of benzene rings is 1. The molecule has 0 atom stereocenters. The zero-order valence-corrected chi connectivity index (χ0v) is 13.2. The molecule has 0 radical (unpaired) electrons. The molecule has 1 aromatic heterocycles. The number of ether oxygens (including phenoxy) is 1. The Bertz CT molecular complexity index is 664. The van der Waals surface area contributed by atoms with E-state index in [2.05, 4.69) is 20.6 Å². The number of nitrogens with one attached hydrogen (secondary N) is 2. The Kier molecular flexibility index (Phi) is 4.41. The molecule has 0 aliphatic heterocycles. The summed E-state index contributed by atoms with van der Waals surface area (Å²) in [4.78, 5) is 20.5. The van der Waals surface area contributed by atoms with E-state index in [0.717, 1.165) is 5.75 Å². The van der Waals surface area contributed by atoms with E-state index in [-0.39, 0.29) is 17.7 Å². The van der Waals surface area contributed by atoms with Gasteiger partial charge in [0, 0.05) is 11.7 Å². The summed E-state index contributed by atoms with van der Waals surface area (Å²) in [5.74, 6) is 1.19. The van der Waals surface area contributed by atoms with E-state index in [1.165, 1.54) is 19.0 Å². The fourth-order valence-corrected chi connectivity index (χ4v) is 2.04. The molecule has 1 fully saturated rings. The van der Waals surface area contributed by atoms with Crippen LogP contribution in [0.2, 0.25) is 0 Å². The molecule has 1 aliphatic carbocycles. The first-order valence-corrected chi connectivity index (χ1v) is 7.77. The summed E-state index contributed by atoms with van der Waals surface area (Å²) in [5.41, 5.74) is 0.974. The molecular formula is C17H20N4O2. The number of hydrogen-bond donors (Lipinski definition) is 2. The lowest BCUT2D eigenvalue weighted by molar-refractivity contribution is 0.102. The summed E-state index contributed by atoms with van der Waals surface area (Å²) in [6.45, 7) is 3.94. The molecule has 0 saturated heterocycles. The van der Waals surface area contributed by atoms with E-state index >= 15 is 0 Å². The monoisotopic (exact) mass is 312 g/mol. The van der Waals surface area contributed by atoms with E-state index in [0.29, 0.717) is 17.5 Å². The van der Waals surface area contributed by atoms with Crippen LogP contribution in [0.15, 0.2) is 36.7 Å². The van der Waals surface area contributed by atoms with E-state index in [1.807, 2.05) is 26.0 Å². The zero-order valence-electron chi connectivity index (χ0n) is 13.2. The Balaban J connectivity index is 1.59. The Morgan fingerprint density at radius 1 is 1.17 bits per heavy atom. The largest absolute Gasteiger partial charge is 0.491 e. The van der Waals surface area contributed by atoms with E-state index in [1.54, 1.807) is 18.3 Å². The molecule has 1 heterocycles. The van der Waals surface area contributed by atoms with Gasteiger partial charge in [-0.2, -0.15) is 0 Å². The number of rotatable bonds is 6. The van der Waals surface area contributed by atoms with Crippen molar-refractivity contribution >= 4 is 17.4 Å². The van der Waals surface area contributed by atoms with Gasteiger partial charge in [0.15, 0.2) is 0 Å². The van der Waals surface area contributed by atoms with Crippen LogP contribution in [0.5, 0.6) is 5.75 Å². The van der Waals surface area contributed by atoms with Crippen LogP contribution in [0.4, 0.5) is 11.5 Å². The van der Waals surface area contributed by atoms with Gasteiger partial charge < -0.3 is 15.4 Å². The van der Waals surface area contributed by atoms with E-state index in [4.69, 9.17) is 4.74 Å². The second-order valence-electron chi connectivity index (χ2n) is 5.85. The molecule has 1 saturated carbocycles. The molecule has 120 valence electrons. The first kappa shape index (κ1) is 15.3. The van der Waals surface area contributed by atoms with Crippen molar-refractivity contribution in [1.29, 1.82) is 0 Å². The highest BCUT2D eigenvalue weighted by Gasteiger charge is 2.21. The van der Waals surface area contributed by atoms with Crippen LogP contribution in [0, 0.1) is 0 Å². The van der Waals surface area contributed by atoms with E-state index in [9.17, 15) is 4.79 Å². The number of carbonyl (C=O) groups is 1. The topological polar surface area (TPSA) is 76.1 Å². The quantitative estimate of drug-likeness (QED) is 0.857. The van der Waals surface area contributed by atoms with Crippen LogP contribution in [0.3, 0.4) is 0 Å². The molecule has 6 nitrogen and oxygen atoms in total. The second kappa shape index (κ2) is 6.64. The number of amides is 1. The first-order valence-electron chi connectivity index (χ1n) is 7.77. The van der Waals surface area contributed by atoms with Gasteiger partial charge in [0.2, 0.25) is 0 Å². The van der Waals surface area contributed by atoms with Crippen LogP contribution in [0.1, 0.15) is 37.2 Å². The lowest BCUT2D eigenvalue weighted by atomic mass is 10.3. The molecule has 0 unspecified atom stereocenters. The number of aromatic nitrogens is 2. The van der Waals surface area contributed by atoms with Crippen molar-refractivity contribution in [3.05, 3.63) is 42.4 Å². The van der Waals surface area contributed by atoms with Crippen LogP contribution in [-0.2, 0) is 0 Å². The third-order valence-electron chi connectivity index (χ3n) is 3.30. The molecule has 3 rings (SSSR count). The summed E-state index contributed by atoms with van der Waals surface area (Å²) in [6, 6.07) is 7.75. The normalized spacial score (nSPS) is 13.7. The van der Waals surface area contributed by atoms with Crippen molar-refractivity contribution in [3.8, 4) is 5.75 Å². The maximum atomic E-state index is 12.2. The Morgan fingerprint density at radius 3 is 2.48 bits per heavy atom. The van der Waals surface area contributed by atoms with Crippen LogP contribution in [-0.4, -0.2) is 28.0 Å². The average molecular weight is 312 g/mol. The number of nitrogens with zero attached hydrogens (tertiary/aromatic N) is 2. The maximum absolute atomic E-state index is 12.2. The highest BCUT2D eigenvalue weighted by molar-refractivity contribution is 6.02. The average Bonchev–Trinajstić information content (AvgIpc) is 3.33. The standard InChI is InChI=1S/C17H20N4O2/c1-11(2)23-14-7-5-13(6-8-14)21-17(22)15-9-19-16(10-18-15)20-12-3-4-12/h5-12H,3-4H2,1-2H3,(H,19,20)(H,21,22). The van der Waals surface area contributed by atoms with Gasteiger partial charge in [-0.05, 0) is 51.0 Å².